The van der Waals surface area contributed by atoms with E-state index in [2.05, 4.69) is 11.4 Å². The maximum absolute atomic E-state index is 10.4. The van der Waals surface area contributed by atoms with Crippen LogP contribution in [0, 0.1) is 0 Å². The third-order valence-electron chi connectivity index (χ3n) is 0.682. The van der Waals surface area contributed by atoms with Crippen molar-refractivity contribution in [1.82, 2.24) is 0 Å². The van der Waals surface area contributed by atoms with Gasteiger partial charge in [-0.3, -0.25) is 4.79 Å². The van der Waals surface area contributed by atoms with Crippen LogP contribution in [0.2, 0.25) is 0 Å². The Bertz CT molecular complexity index is 171. The average Bonchev–Trinajstić information content (AvgIpc) is 1.89. The molecule has 0 aliphatic rings. The maximum atomic E-state index is 10.4. The van der Waals surface area contributed by atoms with Crippen molar-refractivity contribution in [2.75, 3.05) is 13.2 Å². The smallest absolute Gasteiger partial charge is 0.325 e. The standard InChI is InChI=1S/C6H8N2O2/c1-2-3-10-5-6(9)4-8-7/h2,4H,1,3,5H2. The Morgan fingerprint density at radius 3 is 3.00 bits per heavy atom. The van der Waals surface area contributed by atoms with Crippen LogP contribution in [0.4, 0.5) is 0 Å². The van der Waals surface area contributed by atoms with Crippen molar-refractivity contribution >= 4 is 12.0 Å². The highest BCUT2D eigenvalue weighted by atomic mass is 16.5. The van der Waals surface area contributed by atoms with Gasteiger partial charge in [-0.25, -0.2) is 0 Å². The number of Topliss-reactive ketones (excluding diaryl/α,β-unsaturated/α-hetero) is 1. The van der Waals surface area contributed by atoms with Crippen molar-refractivity contribution in [2.45, 2.75) is 0 Å². The van der Waals surface area contributed by atoms with Gasteiger partial charge in [-0.2, -0.15) is 4.79 Å². The minimum Gasteiger partial charge on any atom is -0.369 e. The summed E-state index contributed by atoms with van der Waals surface area (Å²) in [7, 11) is 0. The topological polar surface area (TPSA) is 62.7 Å². The molecule has 0 rings (SSSR count). The average molecular weight is 140 g/mol. The predicted molar refractivity (Wildman–Crippen MR) is 35.7 cm³/mol. The Kier molecular flexibility index (Phi) is 5.14. The number of hydrogen-bond donors (Lipinski definition) is 0. The summed E-state index contributed by atoms with van der Waals surface area (Å²) in [6.45, 7) is 3.64. The zero-order valence-electron chi connectivity index (χ0n) is 5.49. The van der Waals surface area contributed by atoms with Crippen molar-refractivity contribution in [2.24, 2.45) is 0 Å². The molecule has 54 valence electrons. The van der Waals surface area contributed by atoms with Gasteiger partial charge in [0, 0.05) is 0 Å². The number of carbonyl (C=O) groups is 1. The fraction of sp³-hybridized carbons (Fsp3) is 0.333. The van der Waals surface area contributed by atoms with Crippen molar-refractivity contribution in [1.29, 1.82) is 0 Å². The van der Waals surface area contributed by atoms with E-state index in [0.29, 0.717) is 6.61 Å². The van der Waals surface area contributed by atoms with Crippen LogP contribution in [0.25, 0.3) is 5.53 Å². The van der Waals surface area contributed by atoms with Gasteiger partial charge in [-0.05, 0) is 0 Å². The van der Waals surface area contributed by atoms with Gasteiger partial charge in [0.2, 0.25) is 0 Å². The SMILES string of the molecule is C=CCOCC(=O)C=[N+]=[N-]. The molecule has 0 amide bonds. The van der Waals surface area contributed by atoms with Crippen LogP contribution in [-0.4, -0.2) is 30.0 Å². The van der Waals surface area contributed by atoms with E-state index in [1.165, 1.54) is 6.08 Å². The number of ether oxygens (including phenoxy) is 1. The van der Waals surface area contributed by atoms with Crippen LogP contribution in [-0.2, 0) is 9.53 Å². The molecule has 4 heteroatoms. The zero-order chi connectivity index (χ0) is 7.82. The highest BCUT2D eigenvalue weighted by Gasteiger charge is 1.99. The fourth-order valence-corrected chi connectivity index (χ4v) is 0.345. The van der Waals surface area contributed by atoms with Crippen LogP contribution in [0.5, 0.6) is 0 Å². The lowest BCUT2D eigenvalue weighted by Crippen LogP contribution is -2.09. The van der Waals surface area contributed by atoms with Crippen LogP contribution < -0.4 is 0 Å². The maximum Gasteiger partial charge on any atom is 0.325 e. The van der Waals surface area contributed by atoms with E-state index in [9.17, 15) is 4.79 Å². The summed E-state index contributed by atoms with van der Waals surface area (Å²) < 4.78 is 4.73. The molecule has 0 aliphatic heterocycles. The van der Waals surface area contributed by atoms with Gasteiger partial charge in [0.1, 0.15) is 6.61 Å². The second-order valence-electron chi connectivity index (χ2n) is 1.51. The minimum atomic E-state index is -0.371. The van der Waals surface area contributed by atoms with Crippen LogP contribution >= 0.6 is 0 Å². The van der Waals surface area contributed by atoms with E-state index in [-0.39, 0.29) is 12.4 Å². The van der Waals surface area contributed by atoms with E-state index in [1.54, 1.807) is 0 Å². The van der Waals surface area contributed by atoms with Gasteiger partial charge in [0.15, 0.2) is 0 Å². The number of rotatable bonds is 5. The number of ketones is 1. The van der Waals surface area contributed by atoms with Crippen molar-refractivity contribution in [3.05, 3.63) is 18.2 Å². The molecule has 10 heavy (non-hydrogen) atoms. The molecule has 0 saturated carbocycles. The molecule has 0 heterocycles. The number of hydrogen-bond acceptors (Lipinski definition) is 2. The molecular weight excluding hydrogens is 132 g/mol. The summed E-state index contributed by atoms with van der Waals surface area (Å²) in [4.78, 5) is 13.0. The lowest BCUT2D eigenvalue weighted by Gasteiger charge is -1.91. The van der Waals surface area contributed by atoms with Crippen LogP contribution in [0.15, 0.2) is 12.7 Å². The molecule has 0 fully saturated rings. The summed E-state index contributed by atoms with van der Waals surface area (Å²) in [6, 6.07) is 0. The lowest BCUT2D eigenvalue weighted by molar-refractivity contribution is -0.119. The summed E-state index contributed by atoms with van der Waals surface area (Å²) in [5, 5.41) is 0. The summed E-state index contributed by atoms with van der Waals surface area (Å²) >= 11 is 0. The first-order valence-electron chi connectivity index (χ1n) is 2.70. The fourth-order valence-electron chi connectivity index (χ4n) is 0.345. The number of carbonyl (C=O) groups excluding carboxylic acids is 1. The number of nitrogens with zero attached hydrogens (tertiary/aromatic N) is 2. The van der Waals surface area contributed by atoms with Gasteiger partial charge in [0.05, 0.1) is 6.61 Å². The van der Waals surface area contributed by atoms with Gasteiger partial charge in [-0.1, -0.05) is 6.08 Å². The van der Waals surface area contributed by atoms with Gasteiger partial charge >= 0.3 is 6.21 Å². The molecule has 0 aliphatic carbocycles. The normalized spacial score (nSPS) is 8.00. The predicted octanol–water partition coefficient (Wildman–Crippen LogP) is 0.0587. The first-order chi connectivity index (χ1) is 4.81. The molecule has 0 unspecified atom stereocenters. The Morgan fingerprint density at radius 2 is 2.50 bits per heavy atom. The highest BCUT2D eigenvalue weighted by molar-refractivity contribution is 6.25. The zero-order valence-corrected chi connectivity index (χ0v) is 5.49. The highest BCUT2D eigenvalue weighted by Crippen LogP contribution is 1.74. The van der Waals surface area contributed by atoms with Gasteiger partial charge in [-0.15, -0.1) is 6.58 Å². The minimum absolute atomic E-state index is 0.0733. The Balaban J connectivity index is 3.39. The van der Waals surface area contributed by atoms with Crippen molar-refractivity contribution < 1.29 is 14.3 Å². The molecule has 0 atom stereocenters. The molecule has 0 aromatic heterocycles. The van der Waals surface area contributed by atoms with E-state index in [1.807, 2.05) is 0 Å². The van der Waals surface area contributed by atoms with E-state index < -0.39 is 0 Å². The van der Waals surface area contributed by atoms with Crippen molar-refractivity contribution in [3.63, 3.8) is 0 Å². The molecule has 0 aromatic carbocycles. The molecule has 0 saturated heterocycles. The van der Waals surface area contributed by atoms with E-state index in [4.69, 9.17) is 10.3 Å². The lowest BCUT2D eigenvalue weighted by atomic mass is 10.5. The summed E-state index contributed by atoms with van der Waals surface area (Å²) in [5.41, 5.74) is 7.87. The molecule has 0 spiro atoms. The molecule has 0 radical (unpaired) electrons. The first kappa shape index (κ1) is 8.75. The Morgan fingerprint density at radius 1 is 1.80 bits per heavy atom. The largest absolute Gasteiger partial charge is 0.369 e. The molecule has 0 bridgehead atoms. The van der Waals surface area contributed by atoms with E-state index >= 15 is 0 Å². The third-order valence-corrected chi connectivity index (χ3v) is 0.682. The quantitative estimate of drug-likeness (QED) is 0.178. The van der Waals surface area contributed by atoms with Gasteiger partial charge < -0.3 is 10.3 Å². The van der Waals surface area contributed by atoms with Crippen LogP contribution in [0.3, 0.4) is 0 Å². The summed E-state index contributed by atoms with van der Waals surface area (Å²) in [6.07, 6.45) is 2.33. The third kappa shape index (κ3) is 4.90. The molecule has 4 nitrogen and oxygen atoms in total. The summed E-state index contributed by atoms with van der Waals surface area (Å²) in [5.74, 6) is -0.371. The second-order valence-corrected chi connectivity index (χ2v) is 1.51. The monoisotopic (exact) mass is 140 g/mol. The molecule has 0 N–H and O–H groups in total. The Hall–Kier alpha value is -1.25. The Labute approximate surface area is 58.7 Å². The van der Waals surface area contributed by atoms with Crippen molar-refractivity contribution in [3.8, 4) is 0 Å². The first-order valence-corrected chi connectivity index (χ1v) is 2.70. The van der Waals surface area contributed by atoms with Crippen LogP contribution in [0.1, 0.15) is 0 Å². The molecule has 0 aromatic rings. The van der Waals surface area contributed by atoms with Gasteiger partial charge in [0.25, 0.3) is 5.78 Å². The van der Waals surface area contributed by atoms with E-state index in [0.717, 1.165) is 6.21 Å². The second kappa shape index (κ2) is 5.88. The molecular formula is C6H8N2O2.